The normalized spacial score (nSPS) is 14.1. The standard InChI is InChI=1S/C26H36N4O3/c1-32-16-5-17-33-24-18-20(9-13-25(31)29-26(27)28)8-12-23(24)22-10-6-21(7-11-22)19-30-14-3-2-4-15-30/h6-8,10-12,18H,2-5,9,13-17,19H2,1H3,(H4,27,28,29,31). The Hall–Kier alpha value is -2.90. The summed E-state index contributed by atoms with van der Waals surface area (Å²) < 4.78 is 11.2. The van der Waals surface area contributed by atoms with Crippen molar-refractivity contribution in [2.24, 2.45) is 5.73 Å². The van der Waals surface area contributed by atoms with Crippen LogP contribution in [-0.4, -0.2) is 50.2 Å². The Bertz CT molecular complexity index is 908. The second-order valence-electron chi connectivity index (χ2n) is 8.52. The van der Waals surface area contributed by atoms with Crippen LogP contribution in [0.3, 0.4) is 0 Å². The maximum Gasteiger partial charge on any atom is 0.226 e. The molecule has 178 valence electrons. The fraction of sp³-hybridized carbons (Fsp3) is 0.462. The van der Waals surface area contributed by atoms with Gasteiger partial charge in [-0.3, -0.25) is 20.4 Å². The van der Waals surface area contributed by atoms with Crippen LogP contribution in [-0.2, 0) is 22.5 Å². The third-order valence-corrected chi connectivity index (χ3v) is 5.83. The summed E-state index contributed by atoms with van der Waals surface area (Å²) in [6.45, 7) is 4.58. The molecule has 3 rings (SSSR count). The Morgan fingerprint density at radius 3 is 2.48 bits per heavy atom. The van der Waals surface area contributed by atoms with Crippen LogP contribution in [0, 0.1) is 5.41 Å². The van der Waals surface area contributed by atoms with Gasteiger partial charge in [0.1, 0.15) is 5.75 Å². The second-order valence-corrected chi connectivity index (χ2v) is 8.52. The molecular weight excluding hydrogens is 416 g/mol. The van der Waals surface area contributed by atoms with Gasteiger partial charge in [-0.25, -0.2) is 0 Å². The Morgan fingerprint density at radius 2 is 1.79 bits per heavy atom. The molecule has 4 N–H and O–H groups in total. The van der Waals surface area contributed by atoms with E-state index in [1.165, 1.54) is 37.9 Å². The third-order valence-electron chi connectivity index (χ3n) is 5.83. The molecule has 1 fully saturated rings. The first-order valence-electron chi connectivity index (χ1n) is 11.8. The molecule has 1 amide bonds. The van der Waals surface area contributed by atoms with Crippen LogP contribution in [0.5, 0.6) is 5.75 Å². The zero-order valence-corrected chi connectivity index (χ0v) is 19.6. The molecule has 1 saturated heterocycles. The predicted octanol–water partition coefficient (Wildman–Crippen LogP) is 3.70. The maximum atomic E-state index is 11.8. The number of carbonyl (C=O) groups excluding carboxylic acids is 1. The highest BCUT2D eigenvalue weighted by Gasteiger charge is 2.12. The zero-order chi connectivity index (χ0) is 23.5. The Balaban J connectivity index is 1.71. The van der Waals surface area contributed by atoms with Crippen LogP contribution in [0.1, 0.15) is 43.2 Å². The van der Waals surface area contributed by atoms with Gasteiger partial charge in [-0.2, -0.15) is 0 Å². The van der Waals surface area contributed by atoms with Crippen LogP contribution >= 0.6 is 0 Å². The third kappa shape index (κ3) is 8.18. The highest BCUT2D eigenvalue weighted by Crippen LogP contribution is 2.32. The number of aryl methyl sites for hydroxylation is 1. The van der Waals surface area contributed by atoms with Crippen LogP contribution in [0.2, 0.25) is 0 Å². The Labute approximate surface area is 196 Å². The van der Waals surface area contributed by atoms with Crippen molar-refractivity contribution in [1.82, 2.24) is 10.2 Å². The topological polar surface area (TPSA) is 101 Å². The number of ether oxygens (including phenoxy) is 2. The van der Waals surface area contributed by atoms with Gasteiger partial charge in [0.2, 0.25) is 5.91 Å². The van der Waals surface area contributed by atoms with Gasteiger partial charge in [-0.15, -0.1) is 0 Å². The first-order chi connectivity index (χ1) is 16.0. The van der Waals surface area contributed by atoms with Gasteiger partial charge in [0.05, 0.1) is 6.61 Å². The average molecular weight is 453 g/mol. The number of rotatable bonds is 11. The first kappa shape index (κ1) is 24.7. The van der Waals surface area contributed by atoms with Gasteiger partial charge >= 0.3 is 0 Å². The van der Waals surface area contributed by atoms with Gasteiger partial charge in [-0.05, 0) is 55.1 Å². The molecule has 1 aliphatic heterocycles. The minimum absolute atomic E-state index is 0.257. The number of carbonyl (C=O) groups is 1. The van der Waals surface area contributed by atoms with Gasteiger partial charge < -0.3 is 15.2 Å². The number of nitrogens with two attached hydrogens (primary N) is 1. The molecule has 33 heavy (non-hydrogen) atoms. The monoisotopic (exact) mass is 452 g/mol. The van der Waals surface area contributed by atoms with E-state index in [4.69, 9.17) is 20.6 Å². The van der Waals surface area contributed by atoms with E-state index in [1.54, 1.807) is 7.11 Å². The van der Waals surface area contributed by atoms with Crippen molar-refractivity contribution in [2.45, 2.75) is 45.1 Å². The van der Waals surface area contributed by atoms with Crippen LogP contribution in [0.15, 0.2) is 42.5 Å². The SMILES string of the molecule is COCCCOc1cc(CCC(=O)NC(=N)N)ccc1-c1ccc(CN2CCCCC2)cc1. The zero-order valence-electron chi connectivity index (χ0n) is 19.6. The molecule has 0 atom stereocenters. The molecule has 7 heteroatoms. The van der Waals surface area contributed by atoms with Gasteiger partial charge in [-0.1, -0.05) is 42.8 Å². The molecule has 1 heterocycles. The number of amides is 1. The van der Waals surface area contributed by atoms with Crippen LogP contribution in [0.4, 0.5) is 0 Å². The fourth-order valence-electron chi connectivity index (χ4n) is 4.10. The van der Waals surface area contributed by atoms with E-state index in [2.05, 4.69) is 40.5 Å². The minimum atomic E-state index is -0.332. The molecule has 0 unspecified atom stereocenters. The highest BCUT2D eigenvalue weighted by atomic mass is 16.5. The highest BCUT2D eigenvalue weighted by molar-refractivity contribution is 5.94. The van der Waals surface area contributed by atoms with Crippen molar-refractivity contribution >= 4 is 11.9 Å². The number of nitrogens with one attached hydrogen (secondary N) is 2. The first-order valence-corrected chi connectivity index (χ1v) is 11.8. The van der Waals surface area contributed by atoms with Crippen molar-refractivity contribution in [3.63, 3.8) is 0 Å². The molecule has 2 aromatic carbocycles. The maximum absolute atomic E-state index is 11.8. The lowest BCUT2D eigenvalue weighted by Crippen LogP contribution is -2.35. The number of benzene rings is 2. The Morgan fingerprint density at radius 1 is 1.06 bits per heavy atom. The molecular formula is C26H36N4O3. The number of hydrogen-bond donors (Lipinski definition) is 3. The lowest BCUT2D eigenvalue weighted by atomic mass is 9.99. The summed E-state index contributed by atoms with van der Waals surface area (Å²) in [6.07, 6.45) is 5.54. The van der Waals surface area contributed by atoms with Crippen molar-refractivity contribution in [1.29, 1.82) is 5.41 Å². The molecule has 0 spiro atoms. The van der Waals surface area contributed by atoms with E-state index in [1.807, 2.05) is 12.1 Å². The summed E-state index contributed by atoms with van der Waals surface area (Å²) in [4.78, 5) is 14.4. The number of guanidine groups is 1. The van der Waals surface area contributed by atoms with Crippen molar-refractivity contribution in [3.05, 3.63) is 53.6 Å². The van der Waals surface area contributed by atoms with Gasteiger partial charge in [0.15, 0.2) is 5.96 Å². The van der Waals surface area contributed by atoms with Crippen LogP contribution < -0.4 is 15.8 Å². The summed E-state index contributed by atoms with van der Waals surface area (Å²) in [5, 5.41) is 9.50. The van der Waals surface area contributed by atoms with Crippen molar-refractivity contribution in [2.75, 3.05) is 33.4 Å². The van der Waals surface area contributed by atoms with Crippen molar-refractivity contribution < 1.29 is 14.3 Å². The number of piperidine rings is 1. The molecule has 0 radical (unpaired) electrons. The van der Waals surface area contributed by atoms with E-state index >= 15 is 0 Å². The lowest BCUT2D eigenvalue weighted by molar-refractivity contribution is -0.119. The number of likely N-dealkylation sites (tertiary alicyclic amines) is 1. The molecule has 1 aliphatic rings. The number of nitrogens with zero attached hydrogens (tertiary/aromatic N) is 1. The molecule has 7 nitrogen and oxygen atoms in total. The second kappa shape index (κ2) is 13.0. The summed E-state index contributed by atoms with van der Waals surface area (Å²) in [5.74, 6) is 0.207. The Kier molecular flexibility index (Phi) is 9.72. The average Bonchev–Trinajstić information content (AvgIpc) is 2.81. The van der Waals surface area contributed by atoms with Gasteiger partial charge in [0, 0.05) is 38.7 Å². The lowest BCUT2D eigenvalue weighted by Gasteiger charge is -2.26. The van der Waals surface area contributed by atoms with Crippen LogP contribution in [0.25, 0.3) is 11.1 Å². The molecule has 0 saturated carbocycles. The van der Waals surface area contributed by atoms with E-state index in [9.17, 15) is 4.79 Å². The predicted molar refractivity (Wildman–Crippen MR) is 131 cm³/mol. The summed E-state index contributed by atoms with van der Waals surface area (Å²) in [6, 6.07) is 14.8. The molecule has 2 aromatic rings. The van der Waals surface area contributed by atoms with E-state index in [0.29, 0.717) is 19.6 Å². The van der Waals surface area contributed by atoms with E-state index in [0.717, 1.165) is 35.4 Å². The number of methoxy groups -OCH3 is 1. The minimum Gasteiger partial charge on any atom is -0.493 e. The summed E-state index contributed by atoms with van der Waals surface area (Å²) in [7, 11) is 1.68. The van der Waals surface area contributed by atoms with E-state index < -0.39 is 0 Å². The smallest absolute Gasteiger partial charge is 0.226 e. The molecule has 0 bridgehead atoms. The van der Waals surface area contributed by atoms with E-state index in [-0.39, 0.29) is 18.3 Å². The molecule has 0 aliphatic carbocycles. The van der Waals surface area contributed by atoms with Gasteiger partial charge in [0.25, 0.3) is 0 Å². The fourth-order valence-corrected chi connectivity index (χ4v) is 4.10. The summed E-state index contributed by atoms with van der Waals surface area (Å²) in [5.41, 5.74) is 9.71. The quantitative estimate of drug-likeness (QED) is 0.274. The summed E-state index contributed by atoms with van der Waals surface area (Å²) >= 11 is 0. The largest absolute Gasteiger partial charge is 0.493 e. The number of hydrogen-bond acceptors (Lipinski definition) is 5. The van der Waals surface area contributed by atoms with Crippen molar-refractivity contribution in [3.8, 4) is 16.9 Å². The molecule has 0 aromatic heterocycles.